The first-order valence-corrected chi connectivity index (χ1v) is 6.22. The summed E-state index contributed by atoms with van der Waals surface area (Å²) in [4.78, 5) is 21.2. The lowest BCUT2D eigenvalue weighted by Gasteiger charge is -2.10. The van der Waals surface area contributed by atoms with Crippen LogP contribution in [0.25, 0.3) is 0 Å². The number of ether oxygens (including phenoxy) is 1. The van der Waals surface area contributed by atoms with Crippen LogP contribution in [-0.4, -0.2) is 16.0 Å². The normalized spacial score (nSPS) is 10.2. The zero-order valence-corrected chi connectivity index (χ0v) is 11.6. The number of nitro groups is 1. The Hall–Kier alpha value is -2.60. The first-order chi connectivity index (χ1) is 9.88. The number of rotatable bonds is 4. The van der Waals surface area contributed by atoms with E-state index in [1.807, 2.05) is 0 Å². The van der Waals surface area contributed by atoms with Gasteiger partial charge in [0.25, 0.3) is 5.69 Å². The molecule has 0 aliphatic carbocycles. The second kappa shape index (κ2) is 5.80. The van der Waals surface area contributed by atoms with Gasteiger partial charge in [-0.3, -0.25) is 10.1 Å². The Bertz CT molecular complexity index is 729. The van der Waals surface area contributed by atoms with Gasteiger partial charge in [-0.2, -0.15) is 0 Å². The van der Waals surface area contributed by atoms with E-state index in [0.29, 0.717) is 0 Å². The molecule has 1 N–H and O–H groups in total. The van der Waals surface area contributed by atoms with Gasteiger partial charge in [-0.25, -0.2) is 4.79 Å². The number of nitrogens with zero attached hydrogens (tertiary/aromatic N) is 1. The van der Waals surface area contributed by atoms with Crippen LogP contribution in [0.5, 0.6) is 11.5 Å². The van der Waals surface area contributed by atoms with Crippen LogP contribution in [0.3, 0.4) is 0 Å². The topological polar surface area (TPSA) is 89.7 Å². The first kappa shape index (κ1) is 14.8. The average molecular weight is 308 g/mol. The van der Waals surface area contributed by atoms with Crippen LogP contribution in [-0.2, 0) is 0 Å². The van der Waals surface area contributed by atoms with E-state index in [0.717, 1.165) is 5.56 Å². The molecular formula is C14H10ClNO5. The van der Waals surface area contributed by atoms with Gasteiger partial charge in [0.1, 0.15) is 22.1 Å². The predicted molar refractivity (Wildman–Crippen MR) is 76.3 cm³/mol. The minimum Gasteiger partial charge on any atom is -0.478 e. The number of carbonyl (C=O) groups is 1. The van der Waals surface area contributed by atoms with E-state index in [9.17, 15) is 14.9 Å². The van der Waals surface area contributed by atoms with Crippen molar-refractivity contribution < 1.29 is 19.6 Å². The van der Waals surface area contributed by atoms with Crippen LogP contribution < -0.4 is 4.74 Å². The monoisotopic (exact) mass is 307 g/mol. The van der Waals surface area contributed by atoms with Crippen molar-refractivity contribution in [2.24, 2.45) is 0 Å². The number of nitro benzene ring substituents is 1. The highest BCUT2D eigenvalue weighted by Gasteiger charge is 2.15. The fourth-order valence-electron chi connectivity index (χ4n) is 1.72. The summed E-state index contributed by atoms with van der Waals surface area (Å²) in [6.45, 7) is 1.79. The number of halogens is 1. The Kier molecular flexibility index (Phi) is 4.09. The third-order valence-electron chi connectivity index (χ3n) is 2.71. The first-order valence-electron chi connectivity index (χ1n) is 5.84. The highest BCUT2D eigenvalue weighted by atomic mass is 35.5. The lowest BCUT2D eigenvalue weighted by Crippen LogP contribution is -2.00. The van der Waals surface area contributed by atoms with Crippen molar-refractivity contribution in [1.82, 2.24) is 0 Å². The zero-order valence-electron chi connectivity index (χ0n) is 10.9. The van der Waals surface area contributed by atoms with E-state index in [4.69, 9.17) is 21.4 Å². The molecule has 0 aliphatic rings. The highest BCUT2D eigenvalue weighted by Crippen LogP contribution is 2.32. The minimum absolute atomic E-state index is 0.00456. The maximum Gasteiger partial charge on any atom is 0.339 e. The number of aryl methyl sites for hydroxylation is 1. The van der Waals surface area contributed by atoms with Crippen molar-refractivity contribution in [3.05, 3.63) is 62.7 Å². The number of carboxylic acid groups (broad SMARTS) is 1. The molecule has 108 valence electrons. The molecule has 0 atom stereocenters. The van der Waals surface area contributed by atoms with E-state index in [1.54, 1.807) is 19.1 Å². The van der Waals surface area contributed by atoms with Crippen LogP contribution in [0.2, 0.25) is 5.02 Å². The zero-order chi connectivity index (χ0) is 15.6. The number of benzene rings is 2. The largest absolute Gasteiger partial charge is 0.478 e. The Balaban J connectivity index is 2.38. The van der Waals surface area contributed by atoms with Crippen LogP contribution in [0.1, 0.15) is 15.9 Å². The molecule has 2 rings (SSSR count). The van der Waals surface area contributed by atoms with E-state index in [1.165, 1.54) is 24.3 Å². The second-order valence-electron chi connectivity index (χ2n) is 4.28. The SMILES string of the molecule is Cc1ccc(C(=O)O)c(Oc2ccc([N+](=O)[O-])c(Cl)c2)c1. The summed E-state index contributed by atoms with van der Waals surface area (Å²) in [5.74, 6) is -0.760. The molecule has 0 heterocycles. The molecule has 7 heteroatoms. The van der Waals surface area contributed by atoms with Crippen molar-refractivity contribution in [1.29, 1.82) is 0 Å². The molecule has 0 fully saturated rings. The molecule has 0 bridgehead atoms. The Morgan fingerprint density at radius 2 is 2.00 bits per heavy atom. The van der Waals surface area contributed by atoms with Crippen molar-refractivity contribution in [2.45, 2.75) is 6.92 Å². The summed E-state index contributed by atoms with van der Waals surface area (Å²) in [5, 5.41) is 19.7. The summed E-state index contributed by atoms with van der Waals surface area (Å²) in [6, 6.07) is 8.48. The molecule has 21 heavy (non-hydrogen) atoms. The molecule has 0 unspecified atom stereocenters. The molecule has 0 amide bonds. The van der Waals surface area contributed by atoms with Crippen LogP contribution in [0.15, 0.2) is 36.4 Å². The average Bonchev–Trinajstić information content (AvgIpc) is 2.37. The number of carboxylic acids is 1. The molecule has 6 nitrogen and oxygen atoms in total. The Morgan fingerprint density at radius 3 is 2.57 bits per heavy atom. The van der Waals surface area contributed by atoms with Gasteiger partial charge in [0.05, 0.1) is 4.92 Å². The summed E-state index contributed by atoms with van der Waals surface area (Å²) >= 11 is 5.79. The predicted octanol–water partition coefficient (Wildman–Crippen LogP) is 4.05. The highest BCUT2D eigenvalue weighted by molar-refractivity contribution is 6.32. The lowest BCUT2D eigenvalue weighted by atomic mass is 10.1. The number of hydrogen-bond acceptors (Lipinski definition) is 4. The Morgan fingerprint density at radius 1 is 1.29 bits per heavy atom. The standard InChI is InChI=1S/C14H10ClNO5/c1-8-2-4-10(14(17)18)13(6-8)21-9-3-5-12(16(19)20)11(15)7-9/h2-7H,1H3,(H,17,18). The van der Waals surface area contributed by atoms with E-state index in [-0.39, 0.29) is 27.8 Å². The van der Waals surface area contributed by atoms with Crippen molar-refractivity contribution in [3.8, 4) is 11.5 Å². The molecule has 0 radical (unpaired) electrons. The molecule has 0 saturated carbocycles. The summed E-state index contributed by atoms with van der Waals surface area (Å²) in [5.41, 5.74) is 0.574. The molecule has 0 saturated heterocycles. The minimum atomic E-state index is -1.13. The molecule has 2 aromatic carbocycles. The van der Waals surface area contributed by atoms with Gasteiger partial charge in [-0.05, 0) is 30.7 Å². The maximum absolute atomic E-state index is 11.1. The maximum atomic E-state index is 11.1. The summed E-state index contributed by atoms with van der Waals surface area (Å²) in [7, 11) is 0. The summed E-state index contributed by atoms with van der Waals surface area (Å²) < 4.78 is 5.48. The van der Waals surface area contributed by atoms with Gasteiger partial charge in [0, 0.05) is 12.1 Å². The molecular weight excluding hydrogens is 298 g/mol. The fraction of sp³-hybridized carbons (Fsp3) is 0.0714. The molecule has 0 aliphatic heterocycles. The quantitative estimate of drug-likeness (QED) is 0.680. The van der Waals surface area contributed by atoms with Gasteiger partial charge in [0.15, 0.2) is 0 Å². The van der Waals surface area contributed by atoms with Gasteiger partial charge in [0.2, 0.25) is 0 Å². The molecule has 0 spiro atoms. The fourth-order valence-corrected chi connectivity index (χ4v) is 1.96. The van der Waals surface area contributed by atoms with Gasteiger partial charge < -0.3 is 9.84 Å². The van der Waals surface area contributed by atoms with Gasteiger partial charge in [-0.15, -0.1) is 0 Å². The molecule has 0 aromatic heterocycles. The second-order valence-corrected chi connectivity index (χ2v) is 4.68. The van der Waals surface area contributed by atoms with E-state index >= 15 is 0 Å². The Labute approximate surface area is 124 Å². The molecule has 2 aromatic rings. The van der Waals surface area contributed by atoms with E-state index in [2.05, 4.69) is 0 Å². The van der Waals surface area contributed by atoms with Crippen molar-refractivity contribution >= 4 is 23.3 Å². The lowest BCUT2D eigenvalue weighted by molar-refractivity contribution is -0.384. The number of aromatic carboxylic acids is 1. The summed E-state index contributed by atoms with van der Waals surface area (Å²) in [6.07, 6.45) is 0. The van der Waals surface area contributed by atoms with Crippen LogP contribution in [0.4, 0.5) is 5.69 Å². The third-order valence-corrected chi connectivity index (χ3v) is 3.01. The van der Waals surface area contributed by atoms with Crippen molar-refractivity contribution in [2.75, 3.05) is 0 Å². The smallest absolute Gasteiger partial charge is 0.339 e. The van der Waals surface area contributed by atoms with Crippen LogP contribution in [0, 0.1) is 17.0 Å². The van der Waals surface area contributed by atoms with Crippen LogP contribution >= 0.6 is 11.6 Å². The van der Waals surface area contributed by atoms with Gasteiger partial charge >= 0.3 is 5.97 Å². The third kappa shape index (κ3) is 3.29. The van der Waals surface area contributed by atoms with Gasteiger partial charge in [-0.1, -0.05) is 17.7 Å². The van der Waals surface area contributed by atoms with E-state index < -0.39 is 10.9 Å². The number of hydrogen-bond donors (Lipinski definition) is 1. The van der Waals surface area contributed by atoms with Crippen molar-refractivity contribution in [3.63, 3.8) is 0 Å².